The van der Waals surface area contributed by atoms with E-state index in [1.807, 2.05) is 0 Å². The van der Waals surface area contributed by atoms with E-state index in [4.69, 9.17) is 0 Å². The summed E-state index contributed by atoms with van der Waals surface area (Å²) in [6.45, 7) is 4.96. The van der Waals surface area contributed by atoms with E-state index in [-0.39, 0.29) is 10.8 Å². The van der Waals surface area contributed by atoms with Gasteiger partial charge >= 0.3 is 0 Å². The van der Waals surface area contributed by atoms with Crippen molar-refractivity contribution in [1.82, 2.24) is 0 Å². The van der Waals surface area contributed by atoms with E-state index in [0.717, 1.165) is 23.7 Å². The van der Waals surface area contributed by atoms with Gasteiger partial charge in [0.2, 0.25) is 0 Å². The topological polar surface area (TPSA) is 0 Å². The SMILES string of the molecule is CC1(C)c2ccccc2-c2ccc3c(c21)-c1ccc(-c2cccc(-c4cccc5cccc(-c6ccccc6)c45)c2)cc1C31C2CC3CC(C2)CC1C3. The Kier molecular flexibility index (Phi) is 6.11. The van der Waals surface area contributed by atoms with Gasteiger partial charge < -0.3 is 0 Å². The Morgan fingerprint density at radius 2 is 1.02 bits per heavy atom. The molecule has 0 unspecified atom stereocenters. The molecule has 0 N–H and O–H groups in total. The van der Waals surface area contributed by atoms with Crippen LogP contribution in [0.4, 0.5) is 0 Å². The Labute approximate surface area is 313 Å². The van der Waals surface area contributed by atoms with Gasteiger partial charge in [-0.2, -0.15) is 0 Å². The summed E-state index contributed by atoms with van der Waals surface area (Å²) in [6.07, 6.45) is 7.07. The first-order chi connectivity index (χ1) is 26.0. The van der Waals surface area contributed by atoms with Crippen LogP contribution in [0.25, 0.3) is 66.4 Å². The molecule has 1 spiro atoms. The van der Waals surface area contributed by atoms with Crippen LogP contribution in [0.15, 0.2) is 146 Å². The lowest BCUT2D eigenvalue weighted by Crippen LogP contribution is -2.55. The van der Waals surface area contributed by atoms with Crippen LogP contribution in [-0.2, 0) is 10.8 Å². The Bertz CT molecular complexity index is 2620. The van der Waals surface area contributed by atoms with Crippen LogP contribution in [0.5, 0.6) is 0 Å². The quantitative estimate of drug-likeness (QED) is 0.174. The minimum Gasteiger partial charge on any atom is -0.0622 e. The van der Waals surface area contributed by atoms with E-state index >= 15 is 0 Å². The molecule has 0 nitrogen and oxygen atoms in total. The van der Waals surface area contributed by atoms with Gasteiger partial charge in [0.25, 0.3) is 0 Å². The van der Waals surface area contributed by atoms with Gasteiger partial charge in [-0.15, -0.1) is 0 Å². The zero-order valence-electron chi connectivity index (χ0n) is 30.7. The first-order valence-corrected chi connectivity index (χ1v) is 20.1. The minimum atomic E-state index is -0.0317. The monoisotopic (exact) mass is 680 g/mol. The van der Waals surface area contributed by atoms with Crippen molar-refractivity contribution in [3.05, 3.63) is 168 Å². The maximum atomic E-state index is 2.68. The number of hydrogen-bond donors (Lipinski definition) is 0. The molecule has 4 saturated carbocycles. The maximum Gasteiger partial charge on any atom is 0.0272 e. The molecule has 6 aliphatic carbocycles. The number of hydrogen-bond acceptors (Lipinski definition) is 0. The third-order valence-electron chi connectivity index (χ3n) is 14.8. The van der Waals surface area contributed by atoms with E-state index in [2.05, 4.69) is 159 Å². The molecule has 0 heterocycles. The molecule has 0 radical (unpaired) electrons. The van der Waals surface area contributed by atoms with E-state index in [1.165, 1.54) is 98.5 Å². The van der Waals surface area contributed by atoms with Gasteiger partial charge in [0.1, 0.15) is 0 Å². The van der Waals surface area contributed by atoms with Crippen molar-refractivity contribution in [3.63, 3.8) is 0 Å². The summed E-state index contributed by atoms with van der Waals surface area (Å²) in [6, 6.07) is 55.8. The van der Waals surface area contributed by atoms with E-state index in [0.29, 0.717) is 0 Å². The molecule has 0 atom stereocenters. The standard InChI is InChI=1S/C53H44/c1-52(2)46-20-7-6-17-43(46)44-23-24-47-50(51(44)52)45-22-21-37(31-48(45)53(47)39-26-32-25-33(28-39)29-40(53)27-32)36-15-8-16-38(30-36)42-19-10-14-35-13-9-18-41(49(35)42)34-11-4-3-5-12-34/h3-24,30-33,39-40H,25-29H2,1-2H3. The van der Waals surface area contributed by atoms with Gasteiger partial charge in [0, 0.05) is 10.8 Å². The summed E-state index contributed by atoms with van der Waals surface area (Å²) in [5.74, 6) is 3.31. The Balaban J connectivity index is 1.06. The van der Waals surface area contributed by atoms with Crippen molar-refractivity contribution in [2.45, 2.75) is 56.8 Å². The van der Waals surface area contributed by atoms with Gasteiger partial charge in [-0.05, 0) is 157 Å². The number of fused-ring (bicyclic) bond motifs is 8. The third kappa shape index (κ3) is 3.97. The Hall–Kier alpha value is -5.20. The molecular formula is C53H44. The van der Waals surface area contributed by atoms with Crippen LogP contribution >= 0.6 is 0 Å². The molecule has 0 heteroatoms. The number of benzene rings is 7. The molecule has 0 saturated heterocycles. The lowest BCUT2D eigenvalue weighted by molar-refractivity contribution is -0.0399. The highest BCUT2D eigenvalue weighted by Crippen LogP contribution is 2.71. The second-order valence-electron chi connectivity index (χ2n) is 17.7. The molecule has 53 heavy (non-hydrogen) atoms. The van der Waals surface area contributed by atoms with Crippen LogP contribution in [0.1, 0.15) is 68.2 Å². The Morgan fingerprint density at radius 3 is 1.79 bits per heavy atom. The average molecular weight is 681 g/mol. The summed E-state index contributed by atoms with van der Waals surface area (Å²) < 4.78 is 0. The van der Waals surface area contributed by atoms with Gasteiger partial charge in [0.05, 0.1) is 0 Å². The molecule has 0 aliphatic heterocycles. The second kappa shape index (κ2) is 10.7. The third-order valence-corrected chi connectivity index (χ3v) is 14.8. The highest BCUT2D eigenvalue weighted by molar-refractivity contribution is 6.06. The smallest absolute Gasteiger partial charge is 0.0272 e. The zero-order chi connectivity index (χ0) is 35.1. The molecule has 0 amide bonds. The predicted octanol–water partition coefficient (Wildman–Crippen LogP) is 13.9. The maximum absolute atomic E-state index is 2.68. The van der Waals surface area contributed by atoms with Gasteiger partial charge in [-0.1, -0.05) is 147 Å². The molecular weight excluding hydrogens is 637 g/mol. The second-order valence-corrected chi connectivity index (χ2v) is 17.7. The summed E-state index contributed by atoms with van der Waals surface area (Å²) in [4.78, 5) is 0. The van der Waals surface area contributed by atoms with Crippen LogP contribution < -0.4 is 0 Å². The summed E-state index contributed by atoms with van der Waals surface area (Å²) in [5.41, 5.74) is 20.2. The zero-order valence-corrected chi connectivity index (χ0v) is 30.7. The van der Waals surface area contributed by atoms with E-state index < -0.39 is 0 Å². The average Bonchev–Trinajstić information content (AvgIpc) is 3.62. The molecule has 4 fully saturated rings. The van der Waals surface area contributed by atoms with Crippen molar-refractivity contribution in [2.24, 2.45) is 23.7 Å². The first kappa shape index (κ1) is 30.3. The summed E-state index contributed by atoms with van der Waals surface area (Å²) in [5, 5.41) is 2.61. The van der Waals surface area contributed by atoms with Gasteiger partial charge in [0.15, 0.2) is 0 Å². The molecule has 6 aliphatic rings. The lowest BCUT2D eigenvalue weighted by Gasteiger charge is -2.61. The fraction of sp³-hybridized carbons (Fsp3) is 0.245. The normalized spacial score (nSPS) is 25.0. The predicted molar refractivity (Wildman–Crippen MR) is 221 cm³/mol. The van der Waals surface area contributed by atoms with Crippen molar-refractivity contribution in [2.75, 3.05) is 0 Å². The molecule has 7 aromatic rings. The fourth-order valence-electron chi connectivity index (χ4n) is 13.0. The van der Waals surface area contributed by atoms with E-state index in [1.54, 1.807) is 22.3 Å². The molecule has 0 aromatic heterocycles. The van der Waals surface area contributed by atoms with Gasteiger partial charge in [-0.25, -0.2) is 0 Å². The molecule has 7 aromatic carbocycles. The minimum absolute atomic E-state index is 0.0317. The van der Waals surface area contributed by atoms with Crippen molar-refractivity contribution in [3.8, 4) is 55.6 Å². The summed E-state index contributed by atoms with van der Waals surface area (Å²) in [7, 11) is 0. The van der Waals surface area contributed by atoms with Crippen LogP contribution in [0.2, 0.25) is 0 Å². The molecule has 13 rings (SSSR count). The van der Waals surface area contributed by atoms with Crippen molar-refractivity contribution >= 4 is 10.8 Å². The van der Waals surface area contributed by atoms with Crippen molar-refractivity contribution < 1.29 is 0 Å². The molecule has 4 bridgehead atoms. The largest absolute Gasteiger partial charge is 0.0622 e. The highest BCUT2D eigenvalue weighted by atomic mass is 14.7. The highest BCUT2D eigenvalue weighted by Gasteiger charge is 2.62. The Morgan fingerprint density at radius 1 is 0.415 bits per heavy atom. The van der Waals surface area contributed by atoms with Crippen LogP contribution in [0, 0.1) is 23.7 Å². The summed E-state index contributed by atoms with van der Waals surface area (Å²) >= 11 is 0. The van der Waals surface area contributed by atoms with Gasteiger partial charge in [-0.3, -0.25) is 0 Å². The fourth-order valence-corrected chi connectivity index (χ4v) is 13.0. The lowest BCUT2D eigenvalue weighted by atomic mass is 9.43. The first-order valence-electron chi connectivity index (χ1n) is 20.1. The molecule has 256 valence electrons. The van der Waals surface area contributed by atoms with Crippen LogP contribution in [0.3, 0.4) is 0 Å². The van der Waals surface area contributed by atoms with Crippen molar-refractivity contribution in [1.29, 1.82) is 0 Å². The number of rotatable bonds is 3. The van der Waals surface area contributed by atoms with Crippen LogP contribution in [-0.4, -0.2) is 0 Å². The van der Waals surface area contributed by atoms with E-state index in [9.17, 15) is 0 Å².